The normalized spacial score (nSPS) is 18.6. The van der Waals surface area contributed by atoms with Crippen LogP contribution in [0.1, 0.15) is 47.7 Å². The Balaban J connectivity index is 1.97. The van der Waals surface area contributed by atoms with Gasteiger partial charge in [-0.2, -0.15) is 0 Å². The van der Waals surface area contributed by atoms with E-state index in [-0.39, 0.29) is 29.3 Å². The van der Waals surface area contributed by atoms with Gasteiger partial charge < -0.3 is 15.1 Å². The van der Waals surface area contributed by atoms with Crippen LogP contribution in [-0.2, 0) is 4.79 Å². The summed E-state index contributed by atoms with van der Waals surface area (Å²) < 4.78 is 0. The van der Waals surface area contributed by atoms with Gasteiger partial charge in [-0.15, -0.1) is 23.2 Å². The molecule has 0 unspecified atom stereocenters. The second-order valence-electron chi connectivity index (χ2n) is 6.38. The molecule has 0 bridgehead atoms. The maximum absolute atomic E-state index is 12.1. The quantitative estimate of drug-likeness (QED) is 0.583. The maximum Gasteiger partial charge on any atom is 0.345 e. The second-order valence-corrected chi connectivity index (χ2v) is 7.47. The predicted octanol–water partition coefficient (Wildman–Crippen LogP) is 2.76. The summed E-state index contributed by atoms with van der Waals surface area (Å²) in [6, 6.07) is 3.11. The van der Waals surface area contributed by atoms with Gasteiger partial charge in [-0.25, -0.2) is 4.79 Å². The lowest BCUT2D eigenvalue weighted by Crippen LogP contribution is -2.32. The molecule has 0 aliphatic carbocycles. The van der Waals surface area contributed by atoms with Gasteiger partial charge in [0.25, 0.3) is 0 Å². The number of rotatable bonds is 6. The van der Waals surface area contributed by atoms with Crippen LogP contribution in [0.4, 0.5) is 0 Å². The number of thiophene rings is 1. The number of aromatic carboxylic acids is 1. The van der Waals surface area contributed by atoms with Crippen LogP contribution in [0.3, 0.4) is 0 Å². The molecule has 2 heterocycles. The maximum atomic E-state index is 12.1. The molecule has 1 amide bonds. The summed E-state index contributed by atoms with van der Waals surface area (Å²) in [5.74, 6) is 10.8. The highest BCUT2D eigenvalue weighted by atomic mass is 32.1. The highest BCUT2D eigenvalue weighted by molar-refractivity contribution is 7.14. The summed E-state index contributed by atoms with van der Waals surface area (Å²) in [6.45, 7) is 3.99. The van der Waals surface area contributed by atoms with E-state index >= 15 is 0 Å². The molecule has 2 rings (SSSR count). The molecule has 6 heteroatoms. The zero-order valence-electron chi connectivity index (χ0n) is 15.4. The van der Waals surface area contributed by atoms with Gasteiger partial charge in [0.05, 0.1) is 23.6 Å². The Hall–Kier alpha value is -2.54. The van der Waals surface area contributed by atoms with Crippen molar-refractivity contribution in [1.29, 1.82) is 0 Å². The third-order valence-corrected chi connectivity index (χ3v) is 5.36. The molecule has 0 saturated carbocycles. The molecule has 0 spiro atoms. The molecule has 142 valence electrons. The Labute approximate surface area is 163 Å². The van der Waals surface area contributed by atoms with Crippen molar-refractivity contribution in [2.75, 3.05) is 6.54 Å². The number of likely N-dealkylation sites (tertiary alicyclic amines) is 1. The SMILES string of the molecule is CC#CC[C@H](C)[C@H](O)C=C[C@H]1CCC(=O)N1CC#Cc1ccc(C(=O)O)s1. The number of hydrogen-bond acceptors (Lipinski definition) is 4. The number of carbonyl (C=O) groups is 2. The second kappa shape index (κ2) is 9.97. The Kier molecular flexibility index (Phi) is 7.67. The fraction of sp³-hybridized carbons (Fsp3) is 0.429. The van der Waals surface area contributed by atoms with Crippen LogP contribution in [0.25, 0.3) is 0 Å². The zero-order valence-corrected chi connectivity index (χ0v) is 16.3. The Morgan fingerprint density at radius 2 is 2.22 bits per heavy atom. The molecule has 1 aliphatic heterocycles. The number of nitrogens with zero attached hydrogens (tertiary/aromatic N) is 1. The first-order valence-electron chi connectivity index (χ1n) is 8.79. The summed E-state index contributed by atoms with van der Waals surface area (Å²) in [7, 11) is 0. The van der Waals surface area contributed by atoms with Crippen molar-refractivity contribution in [3.8, 4) is 23.7 Å². The van der Waals surface area contributed by atoms with E-state index in [4.69, 9.17) is 5.11 Å². The minimum atomic E-state index is -0.967. The number of hydrogen-bond donors (Lipinski definition) is 2. The van der Waals surface area contributed by atoms with Gasteiger partial charge in [-0.3, -0.25) is 4.79 Å². The van der Waals surface area contributed by atoms with Crippen LogP contribution in [-0.4, -0.2) is 45.7 Å². The molecule has 0 radical (unpaired) electrons. The number of carboxylic acid groups (broad SMARTS) is 1. The molecular formula is C21H23NO4S. The molecule has 1 aromatic heterocycles. The molecule has 27 heavy (non-hydrogen) atoms. The first-order valence-corrected chi connectivity index (χ1v) is 9.61. The van der Waals surface area contributed by atoms with Gasteiger partial charge in [0.15, 0.2) is 0 Å². The Morgan fingerprint density at radius 3 is 2.89 bits per heavy atom. The van der Waals surface area contributed by atoms with Crippen LogP contribution in [0.5, 0.6) is 0 Å². The van der Waals surface area contributed by atoms with E-state index in [1.165, 1.54) is 6.07 Å². The molecule has 1 fully saturated rings. The highest BCUT2D eigenvalue weighted by Crippen LogP contribution is 2.21. The van der Waals surface area contributed by atoms with Crippen LogP contribution >= 0.6 is 11.3 Å². The van der Waals surface area contributed by atoms with Crippen molar-refractivity contribution in [3.63, 3.8) is 0 Å². The van der Waals surface area contributed by atoms with Gasteiger partial charge >= 0.3 is 5.97 Å². The molecule has 0 aromatic carbocycles. The lowest BCUT2D eigenvalue weighted by atomic mass is 10.00. The third-order valence-electron chi connectivity index (χ3n) is 4.37. The van der Waals surface area contributed by atoms with E-state index < -0.39 is 12.1 Å². The van der Waals surface area contributed by atoms with Crippen molar-refractivity contribution in [2.45, 2.75) is 45.3 Å². The summed E-state index contributed by atoms with van der Waals surface area (Å²) in [5.41, 5.74) is 0. The van der Waals surface area contributed by atoms with E-state index in [2.05, 4.69) is 23.7 Å². The molecule has 1 aliphatic rings. The third kappa shape index (κ3) is 5.99. The fourth-order valence-corrected chi connectivity index (χ4v) is 3.43. The zero-order chi connectivity index (χ0) is 19.8. The van der Waals surface area contributed by atoms with Crippen LogP contribution < -0.4 is 0 Å². The van der Waals surface area contributed by atoms with Gasteiger partial charge in [-0.1, -0.05) is 30.9 Å². The molecule has 2 N–H and O–H groups in total. The van der Waals surface area contributed by atoms with Crippen LogP contribution in [0.15, 0.2) is 24.3 Å². The molecule has 3 atom stereocenters. The molecule has 1 saturated heterocycles. The first kappa shape index (κ1) is 20.8. The summed E-state index contributed by atoms with van der Waals surface area (Å²) in [6.07, 6.45) is 4.81. The summed E-state index contributed by atoms with van der Waals surface area (Å²) in [4.78, 5) is 25.6. The van der Waals surface area contributed by atoms with E-state index in [1.807, 2.05) is 13.0 Å². The van der Waals surface area contributed by atoms with E-state index in [9.17, 15) is 14.7 Å². The standard InChI is InChI=1S/C21H23NO4S/c1-3-4-6-15(2)18(23)11-8-16-9-13-20(24)22(16)14-5-7-17-10-12-19(27-17)21(25)26/h8,10-12,15-16,18,23H,6,9,13-14H2,1-2H3,(H,25,26)/t15-,16-,18+/m0/s1. The van der Waals surface area contributed by atoms with Crippen molar-refractivity contribution < 1.29 is 19.8 Å². The number of carboxylic acids is 1. The Morgan fingerprint density at radius 1 is 1.44 bits per heavy atom. The molecule has 5 nitrogen and oxygen atoms in total. The van der Waals surface area contributed by atoms with E-state index in [0.29, 0.717) is 24.1 Å². The Bertz CT molecular complexity index is 834. The van der Waals surface area contributed by atoms with E-state index in [0.717, 1.165) is 11.3 Å². The average molecular weight is 385 g/mol. The number of aliphatic hydroxyl groups is 1. The number of amides is 1. The van der Waals surface area contributed by atoms with Crippen molar-refractivity contribution in [3.05, 3.63) is 34.0 Å². The van der Waals surface area contributed by atoms with Gasteiger partial charge in [0.1, 0.15) is 4.88 Å². The predicted molar refractivity (Wildman–Crippen MR) is 105 cm³/mol. The van der Waals surface area contributed by atoms with Crippen LogP contribution in [0.2, 0.25) is 0 Å². The number of carbonyl (C=O) groups excluding carboxylic acids is 1. The molecule has 1 aromatic rings. The van der Waals surface area contributed by atoms with Gasteiger partial charge in [0.2, 0.25) is 5.91 Å². The topological polar surface area (TPSA) is 77.8 Å². The highest BCUT2D eigenvalue weighted by Gasteiger charge is 2.28. The van der Waals surface area contributed by atoms with Crippen molar-refractivity contribution in [1.82, 2.24) is 4.90 Å². The monoisotopic (exact) mass is 385 g/mol. The van der Waals surface area contributed by atoms with Gasteiger partial charge in [-0.05, 0) is 31.4 Å². The first-order chi connectivity index (χ1) is 12.9. The lowest BCUT2D eigenvalue weighted by molar-refractivity contribution is -0.127. The largest absolute Gasteiger partial charge is 0.477 e. The van der Waals surface area contributed by atoms with Gasteiger partial charge in [0, 0.05) is 12.8 Å². The average Bonchev–Trinajstić information content (AvgIpc) is 3.25. The summed E-state index contributed by atoms with van der Waals surface area (Å²) in [5, 5.41) is 19.1. The van der Waals surface area contributed by atoms with E-state index in [1.54, 1.807) is 24.0 Å². The minimum Gasteiger partial charge on any atom is -0.477 e. The van der Waals surface area contributed by atoms with Crippen molar-refractivity contribution >= 4 is 23.2 Å². The van der Waals surface area contributed by atoms with Crippen molar-refractivity contribution in [2.24, 2.45) is 5.92 Å². The minimum absolute atomic E-state index is 0.0290. The van der Waals surface area contributed by atoms with Crippen LogP contribution in [0, 0.1) is 29.6 Å². The fourth-order valence-electron chi connectivity index (χ4n) is 2.71. The smallest absolute Gasteiger partial charge is 0.345 e. The lowest BCUT2D eigenvalue weighted by Gasteiger charge is -2.20. The molecular weight excluding hydrogens is 362 g/mol. The summed E-state index contributed by atoms with van der Waals surface area (Å²) >= 11 is 1.11. The number of aliphatic hydroxyl groups excluding tert-OH is 1.